The van der Waals surface area contributed by atoms with Gasteiger partial charge in [-0.25, -0.2) is 14.4 Å². The van der Waals surface area contributed by atoms with Crippen molar-refractivity contribution in [2.45, 2.75) is 18.9 Å². The maximum absolute atomic E-state index is 13.1. The van der Waals surface area contributed by atoms with Gasteiger partial charge in [-0.2, -0.15) is 0 Å². The summed E-state index contributed by atoms with van der Waals surface area (Å²) in [7, 11) is 2.14. The molecule has 1 aliphatic rings. The quantitative estimate of drug-likeness (QED) is 0.745. The fraction of sp³-hybridized carbons (Fsp3) is 0.333. The Kier molecular flexibility index (Phi) is 3.58. The molecule has 0 radical (unpaired) electrons. The van der Waals surface area contributed by atoms with Crippen molar-refractivity contribution in [3.8, 4) is 0 Å². The van der Waals surface area contributed by atoms with Gasteiger partial charge in [-0.05, 0) is 49.8 Å². The van der Waals surface area contributed by atoms with Crippen LogP contribution < -0.4 is 0 Å². The van der Waals surface area contributed by atoms with E-state index in [0.717, 1.165) is 42.1 Å². The average Bonchev–Trinajstić information content (AvgIpc) is 3.14. The van der Waals surface area contributed by atoms with Gasteiger partial charge in [0.15, 0.2) is 5.65 Å². The summed E-state index contributed by atoms with van der Waals surface area (Å²) in [6.45, 7) is 2.79. The first-order valence-electron chi connectivity index (χ1n) is 7.95. The molecule has 0 N–H and O–H groups in total. The van der Waals surface area contributed by atoms with Gasteiger partial charge < -0.3 is 9.47 Å². The Bertz CT molecular complexity index is 825. The van der Waals surface area contributed by atoms with Crippen LogP contribution >= 0.6 is 0 Å². The van der Waals surface area contributed by atoms with Gasteiger partial charge in [-0.1, -0.05) is 12.1 Å². The lowest BCUT2D eigenvalue weighted by Crippen LogP contribution is -2.16. The van der Waals surface area contributed by atoms with Crippen LogP contribution in [-0.2, 0) is 6.54 Å². The number of pyridine rings is 1. The molecular formula is C18H19FN4. The second-order valence-electron chi connectivity index (χ2n) is 6.28. The van der Waals surface area contributed by atoms with E-state index in [4.69, 9.17) is 4.98 Å². The molecule has 4 nitrogen and oxygen atoms in total. The topological polar surface area (TPSA) is 34.0 Å². The minimum absolute atomic E-state index is 0.208. The number of hydrogen-bond acceptors (Lipinski definition) is 3. The van der Waals surface area contributed by atoms with Gasteiger partial charge in [0.1, 0.15) is 17.2 Å². The lowest BCUT2D eigenvalue weighted by atomic mass is 10.1. The zero-order valence-electron chi connectivity index (χ0n) is 13.1. The smallest absolute Gasteiger partial charge is 0.160 e. The summed E-state index contributed by atoms with van der Waals surface area (Å²) in [5, 5.41) is 0. The van der Waals surface area contributed by atoms with E-state index in [0.29, 0.717) is 12.5 Å². The SMILES string of the molecule is CN1CCC(c2nc3cccnc3n2Cc2ccc(F)cc2)C1. The molecule has 3 aromatic rings. The van der Waals surface area contributed by atoms with E-state index in [1.807, 2.05) is 24.3 Å². The Balaban J connectivity index is 1.77. The van der Waals surface area contributed by atoms with Crippen LogP contribution in [0.5, 0.6) is 0 Å². The van der Waals surface area contributed by atoms with Crippen LogP contribution in [0.3, 0.4) is 0 Å². The minimum atomic E-state index is -0.208. The van der Waals surface area contributed by atoms with Crippen LogP contribution in [0.1, 0.15) is 23.7 Å². The van der Waals surface area contributed by atoms with Crippen molar-refractivity contribution in [3.05, 3.63) is 59.8 Å². The molecule has 1 unspecified atom stereocenters. The summed E-state index contributed by atoms with van der Waals surface area (Å²) in [5.41, 5.74) is 2.89. The van der Waals surface area contributed by atoms with Crippen LogP contribution in [0.15, 0.2) is 42.6 Å². The van der Waals surface area contributed by atoms with Gasteiger partial charge in [0.25, 0.3) is 0 Å². The summed E-state index contributed by atoms with van der Waals surface area (Å²) < 4.78 is 15.3. The first kappa shape index (κ1) is 14.3. The van der Waals surface area contributed by atoms with Gasteiger partial charge >= 0.3 is 0 Å². The third-order valence-corrected chi connectivity index (χ3v) is 4.54. The largest absolute Gasteiger partial charge is 0.308 e. The Morgan fingerprint density at radius 3 is 2.78 bits per heavy atom. The standard InChI is InChI=1S/C18H19FN4/c1-22-10-8-14(12-22)17-21-16-3-2-9-20-18(16)23(17)11-13-4-6-15(19)7-5-13/h2-7,9,14H,8,10-12H2,1H3. The lowest BCUT2D eigenvalue weighted by molar-refractivity contribution is 0.408. The molecule has 0 aliphatic carbocycles. The van der Waals surface area contributed by atoms with E-state index in [2.05, 4.69) is 21.5 Å². The molecule has 1 aromatic carbocycles. The van der Waals surface area contributed by atoms with E-state index in [1.54, 1.807) is 6.20 Å². The predicted molar refractivity (Wildman–Crippen MR) is 87.9 cm³/mol. The molecule has 1 atom stereocenters. The highest BCUT2D eigenvalue weighted by atomic mass is 19.1. The summed E-state index contributed by atoms with van der Waals surface area (Å²) in [6.07, 6.45) is 2.92. The molecule has 0 saturated carbocycles. The molecule has 1 saturated heterocycles. The fourth-order valence-electron chi connectivity index (χ4n) is 3.36. The highest BCUT2D eigenvalue weighted by molar-refractivity contribution is 5.71. The van der Waals surface area contributed by atoms with E-state index >= 15 is 0 Å². The molecular weight excluding hydrogens is 291 g/mol. The molecule has 23 heavy (non-hydrogen) atoms. The molecule has 2 aromatic heterocycles. The Labute approximate surface area is 134 Å². The van der Waals surface area contributed by atoms with Crippen molar-refractivity contribution in [2.75, 3.05) is 20.1 Å². The molecule has 4 rings (SSSR count). The average molecular weight is 310 g/mol. The number of fused-ring (bicyclic) bond motifs is 1. The van der Waals surface area contributed by atoms with Gasteiger partial charge in [0, 0.05) is 18.7 Å². The predicted octanol–water partition coefficient (Wildman–Crippen LogP) is 3.04. The van der Waals surface area contributed by atoms with Crippen molar-refractivity contribution in [1.82, 2.24) is 19.4 Å². The monoisotopic (exact) mass is 310 g/mol. The molecule has 118 valence electrons. The third-order valence-electron chi connectivity index (χ3n) is 4.54. The van der Waals surface area contributed by atoms with Crippen molar-refractivity contribution in [3.63, 3.8) is 0 Å². The lowest BCUT2D eigenvalue weighted by Gasteiger charge is -2.14. The number of likely N-dealkylation sites (tertiary alicyclic amines) is 1. The maximum Gasteiger partial charge on any atom is 0.160 e. The van der Waals surface area contributed by atoms with Crippen molar-refractivity contribution in [2.24, 2.45) is 0 Å². The number of rotatable bonds is 3. The van der Waals surface area contributed by atoms with Gasteiger partial charge in [-0.15, -0.1) is 0 Å². The highest BCUT2D eigenvalue weighted by Crippen LogP contribution is 2.28. The molecule has 1 fully saturated rings. The summed E-state index contributed by atoms with van der Waals surface area (Å²) in [4.78, 5) is 11.7. The fourth-order valence-corrected chi connectivity index (χ4v) is 3.36. The van der Waals surface area contributed by atoms with Gasteiger partial charge in [-0.3, -0.25) is 0 Å². The molecule has 0 amide bonds. The number of nitrogens with zero attached hydrogens (tertiary/aromatic N) is 4. The number of likely N-dealkylation sites (N-methyl/N-ethyl adjacent to an activating group) is 1. The maximum atomic E-state index is 13.1. The van der Waals surface area contributed by atoms with Crippen LogP contribution in [0, 0.1) is 5.82 Å². The molecule has 0 bridgehead atoms. The normalized spacial score (nSPS) is 18.8. The van der Waals surface area contributed by atoms with Crippen molar-refractivity contribution >= 4 is 11.2 Å². The van der Waals surface area contributed by atoms with Crippen LogP contribution in [0.4, 0.5) is 4.39 Å². The van der Waals surface area contributed by atoms with Crippen molar-refractivity contribution in [1.29, 1.82) is 0 Å². The van der Waals surface area contributed by atoms with E-state index in [1.165, 1.54) is 12.1 Å². The summed E-state index contributed by atoms with van der Waals surface area (Å²) >= 11 is 0. The molecule has 1 aliphatic heterocycles. The Morgan fingerprint density at radius 1 is 1.22 bits per heavy atom. The summed E-state index contributed by atoms with van der Waals surface area (Å²) in [6, 6.07) is 10.6. The third kappa shape index (κ3) is 2.72. The number of halogens is 1. The second-order valence-corrected chi connectivity index (χ2v) is 6.28. The Morgan fingerprint density at radius 2 is 2.04 bits per heavy atom. The zero-order valence-corrected chi connectivity index (χ0v) is 13.1. The van der Waals surface area contributed by atoms with E-state index in [-0.39, 0.29) is 5.82 Å². The molecule has 3 heterocycles. The van der Waals surface area contributed by atoms with E-state index < -0.39 is 0 Å². The number of imidazole rings is 1. The van der Waals surface area contributed by atoms with Gasteiger partial charge in [0.05, 0.1) is 6.54 Å². The first-order valence-corrected chi connectivity index (χ1v) is 7.95. The molecule has 5 heteroatoms. The van der Waals surface area contributed by atoms with Crippen LogP contribution in [0.2, 0.25) is 0 Å². The number of benzene rings is 1. The zero-order chi connectivity index (χ0) is 15.8. The highest BCUT2D eigenvalue weighted by Gasteiger charge is 2.26. The number of hydrogen-bond donors (Lipinski definition) is 0. The van der Waals surface area contributed by atoms with E-state index in [9.17, 15) is 4.39 Å². The minimum Gasteiger partial charge on any atom is -0.308 e. The number of aromatic nitrogens is 3. The first-order chi connectivity index (χ1) is 11.2. The summed E-state index contributed by atoms with van der Waals surface area (Å²) in [5.74, 6) is 1.31. The van der Waals surface area contributed by atoms with Crippen LogP contribution in [0.25, 0.3) is 11.2 Å². The van der Waals surface area contributed by atoms with Crippen molar-refractivity contribution < 1.29 is 4.39 Å². The van der Waals surface area contributed by atoms with Crippen LogP contribution in [-0.4, -0.2) is 39.6 Å². The molecule has 0 spiro atoms. The second kappa shape index (κ2) is 5.74. The van der Waals surface area contributed by atoms with Gasteiger partial charge in [0.2, 0.25) is 0 Å². The Hall–Kier alpha value is -2.27.